The third-order valence-electron chi connectivity index (χ3n) is 3.73. The van der Waals surface area contributed by atoms with E-state index in [4.69, 9.17) is 0 Å². The van der Waals surface area contributed by atoms with Gasteiger partial charge < -0.3 is 10.2 Å². The van der Waals surface area contributed by atoms with Gasteiger partial charge in [0, 0.05) is 36.5 Å². The standard InChI is InChI=1S/C16H24N2OS/c1-12(11-20-3)17-13(2)14-6-8-15(9-7-14)18-10-4-5-16(18)19/h6-9,12-13,17H,4-5,10-11H2,1-3H3/t12-,13+/m0/s1. The van der Waals surface area contributed by atoms with Crippen molar-refractivity contribution < 1.29 is 4.79 Å². The zero-order valence-corrected chi connectivity index (χ0v) is 13.4. The van der Waals surface area contributed by atoms with Crippen LogP contribution < -0.4 is 10.2 Å². The van der Waals surface area contributed by atoms with E-state index in [1.807, 2.05) is 16.7 Å². The first kappa shape index (κ1) is 15.4. The van der Waals surface area contributed by atoms with E-state index in [1.165, 1.54) is 5.56 Å². The molecule has 1 fully saturated rings. The Morgan fingerprint density at radius 3 is 2.55 bits per heavy atom. The summed E-state index contributed by atoms with van der Waals surface area (Å²) in [5, 5.41) is 3.59. The van der Waals surface area contributed by atoms with E-state index in [0.29, 0.717) is 18.5 Å². The van der Waals surface area contributed by atoms with Gasteiger partial charge in [0.05, 0.1) is 0 Å². The van der Waals surface area contributed by atoms with Crippen molar-refractivity contribution in [2.45, 2.75) is 38.8 Å². The van der Waals surface area contributed by atoms with Crippen LogP contribution in [0.1, 0.15) is 38.3 Å². The summed E-state index contributed by atoms with van der Waals surface area (Å²) in [4.78, 5) is 13.6. The second-order valence-corrected chi connectivity index (χ2v) is 6.40. The van der Waals surface area contributed by atoms with E-state index in [1.54, 1.807) is 0 Å². The van der Waals surface area contributed by atoms with Crippen molar-refractivity contribution >= 4 is 23.4 Å². The second kappa shape index (κ2) is 7.14. The summed E-state index contributed by atoms with van der Waals surface area (Å²) in [6, 6.07) is 9.22. The summed E-state index contributed by atoms with van der Waals surface area (Å²) in [7, 11) is 0. The van der Waals surface area contributed by atoms with Crippen LogP contribution in [-0.2, 0) is 4.79 Å². The van der Waals surface area contributed by atoms with Crippen LogP contribution in [0.5, 0.6) is 0 Å². The molecule has 3 nitrogen and oxygen atoms in total. The summed E-state index contributed by atoms with van der Waals surface area (Å²) >= 11 is 1.86. The minimum atomic E-state index is 0.248. The molecular weight excluding hydrogens is 268 g/mol. The van der Waals surface area contributed by atoms with Crippen LogP contribution in [0.3, 0.4) is 0 Å². The summed E-state index contributed by atoms with van der Waals surface area (Å²) < 4.78 is 0. The third-order valence-corrected chi connectivity index (χ3v) is 4.56. The minimum absolute atomic E-state index is 0.248. The summed E-state index contributed by atoms with van der Waals surface area (Å²) in [5.74, 6) is 1.36. The number of benzene rings is 1. The zero-order valence-electron chi connectivity index (χ0n) is 12.6. The van der Waals surface area contributed by atoms with Gasteiger partial charge in [0.1, 0.15) is 0 Å². The van der Waals surface area contributed by atoms with E-state index in [0.717, 1.165) is 24.4 Å². The highest BCUT2D eigenvalue weighted by Crippen LogP contribution is 2.23. The quantitative estimate of drug-likeness (QED) is 0.874. The Morgan fingerprint density at radius 1 is 1.30 bits per heavy atom. The Morgan fingerprint density at radius 2 is 2.00 bits per heavy atom. The number of carbonyl (C=O) groups is 1. The van der Waals surface area contributed by atoms with Gasteiger partial charge in [-0.15, -0.1) is 0 Å². The van der Waals surface area contributed by atoms with Gasteiger partial charge in [-0.25, -0.2) is 0 Å². The number of anilines is 1. The molecular formula is C16H24N2OS. The number of carbonyl (C=O) groups excluding carboxylic acids is 1. The molecule has 2 atom stereocenters. The third kappa shape index (κ3) is 3.76. The molecule has 0 spiro atoms. The molecule has 20 heavy (non-hydrogen) atoms. The van der Waals surface area contributed by atoms with Gasteiger partial charge in [-0.3, -0.25) is 4.79 Å². The van der Waals surface area contributed by atoms with Crippen molar-refractivity contribution in [1.29, 1.82) is 0 Å². The molecule has 0 radical (unpaired) electrons. The Balaban J connectivity index is 1.98. The number of rotatable bonds is 6. The summed E-state index contributed by atoms with van der Waals surface area (Å²) in [6.45, 7) is 5.26. The molecule has 1 aliphatic heterocycles. The number of thioether (sulfide) groups is 1. The lowest BCUT2D eigenvalue weighted by molar-refractivity contribution is -0.117. The van der Waals surface area contributed by atoms with E-state index < -0.39 is 0 Å². The largest absolute Gasteiger partial charge is 0.312 e. The van der Waals surface area contributed by atoms with Gasteiger partial charge in [0.15, 0.2) is 0 Å². The van der Waals surface area contributed by atoms with Gasteiger partial charge in [-0.1, -0.05) is 12.1 Å². The first-order valence-corrected chi connectivity index (χ1v) is 8.66. The van der Waals surface area contributed by atoms with Gasteiger partial charge >= 0.3 is 0 Å². The molecule has 0 bridgehead atoms. The molecule has 0 aromatic heterocycles. The number of nitrogens with one attached hydrogen (secondary N) is 1. The van der Waals surface area contributed by atoms with Gasteiger partial charge in [-0.05, 0) is 44.2 Å². The van der Waals surface area contributed by atoms with Crippen LogP contribution in [-0.4, -0.2) is 30.5 Å². The molecule has 1 saturated heterocycles. The smallest absolute Gasteiger partial charge is 0.227 e. The Labute approximate surface area is 126 Å². The Hall–Kier alpha value is -1.00. The summed E-state index contributed by atoms with van der Waals surface area (Å²) in [5.41, 5.74) is 2.30. The Kier molecular flexibility index (Phi) is 5.49. The Bertz CT molecular complexity index is 446. The van der Waals surface area contributed by atoms with E-state index in [9.17, 15) is 4.79 Å². The molecule has 1 aromatic carbocycles. The molecule has 4 heteroatoms. The lowest BCUT2D eigenvalue weighted by atomic mass is 10.1. The highest BCUT2D eigenvalue weighted by molar-refractivity contribution is 7.98. The van der Waals surface area contributed by atoms with Crippen LogP contribution >= 0.6 is 11.8 Å². The van der Waals surface area contributed by atoms with Crippen molar-refractivity contribution in [2.75, 3.05) is 23.5 Å². The van der Waals surface area contributed by atoms with Crippen molar-refractivity contribution in [3.8, 4) is 0 Å². The predicted octanol–water partition coefficient (Wildman–Crippen LogP) is 3.22. The zero-order chi connectivity index (χ0) is 14.5. The molecule has 110 valence electrons. The number of amides is 1. The fourth-order valence-electron chi connectivity index (χ4n) is 2.69. The molecule has 1 N–H and O–H groups in total. The maximum Gasteiger partial charge on any atom is 0.227 e. The average Bonchev–Trinajstić information content (AvgIpc) is 2.85. The summed E-state index contributed by atoms with van der Waals surface area (Å²) in [6.07, 6.45) is 3.79. The molecule has 2 rings (SSSR count). The minimum Gasteiger partial charge on any atom is -0.312 e. The maximum atomic E-state index is 11.7. The maximum absolute atomic E-state index is 11.7. The van der Waals surface area contributed by atoms with E-state index in [-0.39, 0.29) is 5.91 Å². The molecule has 0 saturated carbocycles. The fraction of sp³-hybridized carbons (Fsp3) is 0.562. The number of nitrogens with zero attached hydrogens (tertiary/aromatic N) is 1. The average molecular weight is 292 g/mol. The molecule has 1 aromatic rings. The van der Waals surface area contributed by atoms with E-state index >= 15 is 0 Å². The van der Waals surface area contributed by atoms with Crippen LogP contribution in [0.25, 0.3) is 0 Å². The lowest BCUT2D eigenvalue weighted by Gasteiger charge is -2.21. The first-order chi connectivity index (χ1) is 9.61. The SMILES string of the molecule is CSC[C@H](C)N[C@H](C)c1ccc(N2CCCC2=O)cc1. The second-order valence-electron chi connectivity index (χ2n) is 5.49. The molecule has 0 aliphatic carbocycles. The molecule has 1 aliphatic rings. The normalized spacial score (nSPS) is 18.4. The van der Waals surface area contributed by atoms with Crippen LogP contribution in [0.15, 0.2) is 24.3 Å². The van der Waals surface area contributed by atoms with Crippen molar-refractivity contribution in [3.05, 3.63) is 29.8 Å². The van der Waals surface area contributed by atoms with Crippen molar-refractivity contribution in [1.82, 2.24) is 5.32 Å². The van der Waals surface area contributed by atoms with Crippen molar-refractivity contribution in [2.24, 2.45) is 0 Å². The van der Waals surface area contributed by atoms with Gasteiger partial charge in [0.2, 0.25) is 5.91 Å². The number of hydrogen-bond acceptors (Lipinski definition) is 3. The highest BCUT2D eigenvalue weighted by Gasteiger charge is 2.21. The fourth-order valence-corrected chi connectivity index (χ4v) is 3.28. The van der Waals surface area contributed by atoms with Crippen LogP contribution in [0.4, 0.5) is 5.69 Å². The predicted molar refractivity (Wildman–Crippen MR) is 87.4 cm³/mol. The monoisotopic (exact) mass is 292 g/mol. The van der Waals surface area contributed by atoms with Crippen molar-refractivity contribution in [3.63, 3.8) is 0 Å². The van der Waals surface area contributed by atoms with Gasteiger partial charge in [-0.2, -0.15) is 11.8 Å². The lowest BCUT2D eigenvalue weighted by Crippen LogP contribution is -2.30. The van der Waals surface area contributed by atoms with Gasteiger partial charge in [0.25, 0.3) is 0 Å². The van der Waals surface area contributed by atoms with E-state index in [2.05, 4.69) is 49.7 Å². The molecule has 1 amide bonds. The molecule has 0 unspecified atom stereocenters. The number of hydrogen-bond donors (Lipinski definition) is 1. The topological polar surface area (TPSA) is 32.3 Å². The highest BCUT2D eigenvalue weighted by atomic mass is 32.2. The first-order valence-electron chi connectivity index (χ1n) is 7.27. The molecule has 1 heterocycles. The van der Waals surface area contributed by atoms with Crippen LogP contribution in [0.2, 0.25) is 0 Å². The van der Waals surface area contributed by atoms with Crippen LogP contribution in [0, 0.1) is 0 Å².